The Kier molecular flexibility index (Phi) is 63.2. The summed E-state index contributed by atoms with van der Waals surface area (Å²) in [5, 5.41) is 0. The molecule has 6 nitrogen and oxygen atoms in total. The minimum absolute atomic E-state index is 0.0767. The second-order valence-corrected chi connectivity index (χ2v) is 22.7. The molecule has 0 aromatic rings. The van der Waals surface area contributed by atoms with Gasteiger partial charge in [-0.2, -0.15) is 0 Å². The third-order valence-electron chi connectivity index (χ3n) is 15.0. The van der Waals surface area contributed by atoms with Gasteiger partial charge in [-0.25, -0.2) is 0 Å². The van der Waals surface area contributed by atoms with E-state index >= 15 is 0 Å². The maximum atomic E-state index is 12.9. The van der Waals surface area contributed by atoms with Gasteiger partial charge in [0, 0.05) is 19.3 Å². The van der Waals surface area contributed by atoms with E-state index < -0.39 is 6.10 Å². The lowest BCUT2D eigenvalue weighted by Crippen LogP contribution is -2.30. The molecule has 0 aromatic heterocycles. The highest BCUT2D eigenvalue weighted by Gasteiger charge is 2.19. The Balaban J connectivity index is 4.09. The van der Waals surface area contributed by atoms with Crippen LogP contribution in [0.15, 0.2) is 60.8 Å². The van der Waals surface area contributed by atoms with Crippen LogP contribution in [0.5, 0.6) is 0 Å². The molecule has 0 aromatic carbocycles. The van der Waals surface area contributed by atoms with Gasteiger partial charge in [0.05, 0.1) is 0 Å². The molecule has 0 aliphatic rings. The van der Waals surface area contributed by atoms with Crippen molar-refractivity contribution in [2.24, 2.45) is 0 Å². The number of carbonyl (C=O) groups is 3. The molecular formula is C71H128O6. The number of carbonyl (C=O) groups excluding carboxylic acids is 3. The summed E-state index contributed by atoms with van der Waals surface area (Å²) in [6, 6.07) is 0. The fraction of sp³-hybridized carbons (Fsp3) is 0.817. The highest BCUT2D eigenvalue weighted by atomic mass is 16.6. The first kappa shape index (κ1) is 74.1. The quantitative estimate of drug-likeness (QED) is 0.0261. The van der Waals surface area contributed by atoms with Gasteiger partial charge in [0.25, 0.3) is 0 Å². The lowest BCUT2D eigenvalue weighted by Gasteiger charge is -2.18. The third-order valence-corrected chi connectivity index (χ3v) is 15.0. The summed E-state index contributed by atoms with van der Waals surface area (Å²) in [4.78, 5) is 38.2. The van der Waals surface area contributed by atoms with Crippen molar-refractivity contribution >= 4 is 17.9 Å². The summed E-state index contributed by atoms with van der Waals surface area (Å²) < 4.78 is 16.9. The van der Waals surface area contributed by atoms with Crippen molar-refractivity contribution in [1.29, 1.82) is 0 Å². The van der Waals surface area contributed by atoms with Crippen LogP contribution in [0, 0.1) is 0 Å². The number of hydrogen-bond donors (Lipinski definition) is 0. The number of esters is 3. The SMILES string of the molecule is CCCCC/C=C\CCCCCCCC(=O)OCC(COC(=O)CCCCCCCCCCCCCCCCCCCC/C=C\C/C=C\C/C=C\CCCCCCC)OC(=O)CCCCCCC/C=C\CCCCCCC. The predicted octanol–water partition coefficient (Wildman–Crippen LogP) is 23.1. The molecule has 0 heterocycles. The summed E-state index contributed by atoms with van der Waals surface area (Å²) in [6.45, 7) is 6.62. The van der Waals surface area contributed by atoms with Crippen LogP contribution in [-0.2, 0) is 28.6 Å². The molecule has 1 atom stereocenters. The molecule has 0 radical (unpaired) electrons. The van der Waals surface area contributed by atoms with Gasteiger partial charge in [0.15, 0.2) is 6.10 Å². The minimum atomic E-state index is -0.780. The number of allylic oxidation sites excluding steroid dienone is 10. The maximum absolute atomic E-state index is 12.9. The van der Waals surface area contributed by atoms with Crippen LogP contribution in [0.3, 0.4) is 0 Å². The normalized spacial score (nSPS) is 12.4. The number of rotatable bonds is 62. The lowest BCUT2D eigenvalue weighted by atomic mass is 10.0. The minimum Gasteiger partial charge on any atom is -0.462 e. The lowest BCUT2D eigenvalue weighted by molar-refractivity contribution is -0.167. The van der Waals surface area contributed by atoms with Gasteiger partial charge < -0.3 is 14.2 Å². The van der Waals surface area contributed by atoms with Crippen LogP contribution >= 0.6 is 0 Å². The van der Waals surface area contributed by atoms with E-state index in [9.17, 15) is 14.4 Å². The molecule has 0 saturated heterocycles. The van der Waals surface area contributed by atoms with Crippen LogP contribution < -0.4 is 0 Å². The van der Waals surface area contributed by atoms with Gasteiger partial charge in [-0.15, -0.1) is 0 Å². The summed E-state index contributed by atoms with van der Waals surface area (Å²) in [5.74, 6) is -0.878. The molecule has 1 unspecified atom stereocenters. The summed E-state index contributed by atoms with van der Waals surface area (Å²) in [6.07, 6.45) is 84.0. The third kappa shape index (κ3) is 63.8. The van der Waals surface area contributed by atoms with Gasteiger partial charge in [0.2, 0.25) is 0 Å². The monoisotopic (exact) mass is 1080 g/mol. The molecule has 0 fully saturated rings. The Morgan fingerprint density at radius 2 is 0.468 bits per heavy atom. The van der Waals surface area contributed by atoms with Crippen LogP contribution in [0.4, 0.5) is 0 Å². The highest BCUT2D eigenvalue weighted by Crippen LogP contribution is 2.17. The molecule has 0 amide bonds. The average molecular weight is 1080 g/mol. The zero-order chi connectivity index (χ0) is 55.7. The average Bonchev–Trinajstić information content (AvgIpc) is 3.43. The topological polar surface area (TPSA) is 78.9 Å². The molecule has 0 bridgehead atoms. The Hall–Kier alpha value is -2.89. The van der Waals surface area contributed by atoms with Crippen molar-refractivity contribution < 1.29 is 28.6 Å². The molecular weight excluding hydrogens is 949 g/mol. The van der Waals surface area contributed by atoms with Crippen LogP contribution in [0.2, 0.25) is 0 Å². The van der Waals surface area contributed by atoms with Gasteiger partial charge in [0.1, 0.15) is 13.2 Å². The van der Waals surface area contributed by atoms with E-state index in [0.717, 1.165) is 89.9 Å². The maximum Gasteiger partial charge on any atom is 0.306 e. The largest absolute Gasteiger partial charge is 0.462 e. The smallest absolute Gasteiger partial charge is 0.306 e. The number of unbranched alkanes of at least 4 members (excludes halogenated alkanes) is 41. The van der Waals surface area contributed by atoms with E-state index in [2.05, 4.69) is 81.5 Å². The second kappa shape index (κ2) is 65.6. The van der Waals surface area contributed by atoms with Crippen molar-refractivity contribution in [3.05, 3.63) is 60.8 Å². The predicted molar refractivity (Wildman–Crippen MR) is 335 cm³/mol. The van der Waals surface area contributed by atoms with Crippen molar-refractivity contribution in [1.82, 2.24) is 0 Å². The Morgan fingerprint density at radius 3 is 0.766 bits per heavy atom. The zero-order valence-electron chi connectivity index (χ0n) is 51.5. The van der Waals surface area contributed by atoms with Crippen molar-refractivity contribution in [3.8, 4) is 0 Å². The first-order valence-corrected chi connectivity index (χ1v) is 33.8. The Bertz CT molecular complexity index is 1380. The summed E-state index contributed by atoms with van der Waals surface area (Å²) in [5.41, 5.74) is 0. The van der Waals surface area contributed by atoms with Crippen molar-refractivity contribution in [2.45, 2.75) is 361 Å². The van der Waals surface area contributed by atoms with Gasteiger partial charge in [-0.05, 0) is 109 Å². The molecule has 6 heteroatoms. The summed E-state index contributed by atoms with van der Waals surface area (Å²) in [7, 11) is 0. The fourth-order valence-electron chi connectivity index (χ4n) is 9.85. The Labute approximate surface area is 479 Å². The van der Waals surface area contributed by atoms with Crippen LogP contribution in [-0.4, -0.2) is 37.2 Å². The van der Waals surface area contributed by atoms with E-state index in [1.165, 1.54) is 225 Å². The molecule has 0 N–H and O–H groups in total. The van der Waals surface area contributed by atoms with E-state index in [1.807, 2.05) is 0 Å². The summed E-state index contributed by atoms with van der Waals surface area (Å²) >= 11 is 0. The molecule has 0 aliphatic carbocycles. The zero-order valence-corrected chi connectivity index (χ0v) is 51.5. The van der Waals surface area contributed by atoms with Crippen molar-refractivity contribution in [2.75, 3.05) is 13.2 Å². The first-order valence-electron chi connectivity index (χ1n) is 33.8. The number of hydrogen-bond acceptors (Lipinski definition) is 6. The second-order valence-electron chi connectivity index (χ2n) is 22.7. The highest BCUT2D eigenvalue weighted by molar-refractivity contribution is 5.71. The van der Waals surface area contributed by atoms with E-state index in [-0.39, 0.29) is 31.1 Å². The molecule has 0 saturated carbocycles. The van der Waals surface area contributed by atoms with Crippen LogP contribution in [0.1, 0.15) is 355 Å². The molecule has 448 valence electrons. The van der Waals surface area contributed by atoms with Gasteiger partial charge in [-0.3, -0.25) is 14.4 Å². The van der Waals surface area contributed by atoms with Crippen LogP contribution in [0.25, 0.3) is 0 Å². The first-order chi connectivity index (χ1) is 38.0. The molecule has 0 aliphatic heterocycles. The molecule has 0 rings (SSSR count). The van der Waals surface area contributed by atoms with Gasteiger partial charge in [-0.1, -0.05) is 287 Å². The molecule has 0 spiro atoms. The fourth-order valence-corrected chi connectivity index (χ4v) is 9.85. The standard InChI is InChI=1S/C71H128O6/c1-4-7-10-13-16-19-22-25-27-28-29-30-31-32-33-34-35-36-37-38-39-40-41-42-43-44-45-47-49-52-55-58-61-64-70(73)76-67-68(66-75-69(72)63-60-57-54-51-48-24-21-18-15-12-9-6-3)77-71(74)65-62-59-56-53-50-46-26-23-20-17-14-11-8-5-2/h18,21-23,25-26,28-29,31-32,68H,4-17,19-20,24,27,30,33-67H2,1-3H3/b21-18-,25-22-,26-23-,29-28-,32-31-. The number of ether oxygens (including phenoxy) is 3. The van der Waals surface area contributed by atoms with Crippen molar-refractivity contribution in [3.63, 3.8) is 0 Å². The van der Waals surface area contributed by atoms with E-state index in [4.69, 9.17) is 14.2 Å². The molecule has 77 heavy (non-hydrogen) atoms. The Morgan fingerprint density at radius 1 is 0.260 bits per heavy atom. The van der Waals surface area contributed by atoms with E-state index in [0.29, 0.717) is 19.3 Å². The van der Waals surface area contributed by atoms with E-state index in [1.54, 1.807) is 0 Å². The van der Waals surface area contributed by atoms with Gasteiger partial charge >= 0.3 is 17.9 Å².